The first-order chi connectivity index (χ1) is 7.22. The van der Waals surface area contributed by atoms with E-state index in [0.717, 1.165) is 10.2 Å². The standard InChI is InChI=1S/C10H8BrClN2O/c1-15-9-6-13-14(10(9)12)8-4-2-3-7(11)5-8/h2-6H,1H3. The lowest BCUT2D eigenvalue weighted by molar-refractivity contribution is 0.415. The van der Waals surface area contributed by atoms with Crippen molar-refractivity contribution in [1.82, 2.24) is 9.78 Å². The van der Waals surface area contributed by atoms with Crippen molar-refractivity contribution in [3.8, 4) is 11.4 Å². The molecule has 0 aliphatic carbocycles. The molecule has 1 heterocycles. The fourth-order valence-electron chi connectivity index (χ4n) is 1.24. The van der Waals surface area contributed by atoms with Crippen LogP contribution in [0.2, 0.25) is 5.15 Å². The van der Waals surface area contributed by atoms with Crippen LogP contribution in [0.1, 0.15) is 0 Å². The lowest BCUT2D eigenvalue weighted by Crippen LogP contribution is -1.95. The van der Waals surface area contributed by atoms with Gasteiger partial charge in [-0.1, -0.05) is 33.6 Å². The Hall–Kier alpha value is -1.000. The van der Waals surface area contributed by atoms with Crippen molar-refractivity contribution in [2.24, 2.45) is 0 Å². The average Bonchev–Trinajstić information content (AvgIpc) is 2.59. The van der Waals surface area contributed by atoms with E-state index in [0.29, 0.717) is 10.9 Å². The molecule has 0 radical (unpaired) electrons. The molecule has 78 valence electrons. The van der Waals surface area contributed by atoms with Crippen LogP contribution in [0.4, 0.5) is 0 Å². The summed E-state index contributed by atoms with van der Waals surface area (Å²) in [6.45, 7) is 0. The maximum Gasteiger partial charge on any atom is 0.176 e. The molecular weight excluding hydrogens is 279 g/mol. The van der Waals surface area contributed by atoms with Crippen molar-refractivity contribution in [2.45, 2.75) is 0 Å². The molecular formula is C10H8BrClN2O. The summed E-state index contributed by atoms with van der Waals surface area (Å²) in [5.41, 5.74) is 0.887. The Morgan fingerprint density at radius 2 is 2.27 bits per heavy atom. The molecule has 0 amide bonds. The quantitative estimate of drug-likeness (QED) is 0.847. The number of halogens is 2. The van der Waals surface area contributed by atoms with E-state index >= 15 is 0 Å². The fraction of sp³-hybridized carbons (Fsp3) is 0.100. The van der Waals surface area contributed by atoms with Gasteiger partial charge in [-0.25, -0.2) is 4.68 Å². The molecule has 2 aromatic rings. The van der Waals surface area contributed by atoms with Gasteiger partial charge in [0.15, 0.2) is 10.9 Å². The zero-order chi connectivity index (χ0) is 10.8. The zero-order valence-corrected chi connectivity index (χ0v) is 10.3. The van der Waals surface area contributed by atoms with Gasteiger partial charge < -0.3 is 4.74 Å². The summed E-state index contributed by atoms with van der Waals surface area (Å²) in [7, 11) is 1.56. The monoisotopic (exact) mass is 286 g/mol. The second kappa shape index (κ2) is 4.24. The number of methoxy groups -OCH3 is 1. The van der Waals surface area contributed by atoms with Crippen molar-refractivity contribution >= 4 is 27.5 Å². The highest BCUT2D eigenvalue weighted by atomic mass is 79.9. The van der Waals surface area contributed by atoms with E-state index in [2.05, 4.69) is 21.0 Å². The number of benzene rings is 1. The molecule has 0 bridgehead atoms. The van der Waals surface area contributed by atoms with Gasteiger partial charge in [0, 0.05) is 4.47 Å². The van der Waals surface area contributed by atoms with E-state index in [-0.39, 0.29) is 0 Å². The average molecular weight is 288 g/mol. The van der Waals surface area contributed by atoms with Gasteiger partial charge in [-0.3, -0.25) is 0 Å². The van der Waals surface area contributed by atoms with Gasteiger partial charge in [0.05, 0.1) is 19.0 Å². The largest absolute Gasteiger partial charge is 0.492 e. The van der Waals surface area contributed by atoms with E-state index < -0.39 is 0 Å². The molecule has 3 nitrogen and oxygen atoms in total. The molecule has 0 N–H and O–H groups in total. The summed E-state index contributed by atoms with van der Waals surface area (Å²) < 4.78 is 7.64. The van der Waals surface area contributed by atoms with Crippen LogP contribution in [0, 0.1) is 0 Å². The van der Waals surface area contributed by atoms with Gasteiger partial charge in [0.25, 0.3) is 0 Å². The fourth-order valence-corrected chi connectivity index (χ4v) is 1.90. The van der Waals surface area contributed by atoms with Crippen LogP contribution in [0.5, 0.6) is 5.75 Å². The summed E-state index contributed by atoms with van der Waals surface area (Å²) in [5, 5.41) is 4.60. The third-order valence-electron chi connectivity index (χ3n) is 1.95. The number of aromatic nitrogens is 2. The maximum absolute atomic E-state index is 6.07. The minimum Gasteiger partial charge on any atom is -0.492 e. The maximum atomic E-state index is 6.07. The summed E-state index contributed by atoms with van der Waals surface area (Å²) in [5.74, 6) is 0.566. The highest BCUT2D eigenvalue weighted by Crippen LogP contribution is 2.27. The first-order valence-electron chi connectivity index (χ1n) is 4.26. The summed E-state index contributed by atoms with van der Waals surface area (Å²) >= 11 is 9.46. The Labute approximate surface area is 101 Å². The van der Waals surface area contributed by atoms with Crippen molar-refractivity contribution in [1.29, 1.82) is 0 Å². The Morgan fingerprint density at radius 3 is 2.87 bits per heavy atom. The third kappa shape index (κ3) is 2.01. The summed E-state index contributed by atoms with van der Waals surface area (Å²) in [6.07, 6.45) is 1.59. The molecule has 0 spiro atoms. The molecule has 0 aliphatic heterocycles. The van der Waals surface area contributed by atoms with Gasteiger partial charge in [0.1, 0.15) is 0 Å². The minimum atomic E-state index is 0.468. The first kappa shape index (κ1) is 10.5. The van der Waals surface area contributed by atoms with E-state index in [1.165, 1.54) is 0 Å². The Bertz CT molecular complexity index is 484. The lowest BCUT2D eigenvalue weighted by Gasteiger charge is -2.03. The van der Waals surface area contributed by atoms with Gasteiger partial charge in [-0.05, 0) is 18.2 Å². The highest BCUT2D eigenvalue weighted by Gasteiger charge is 2.09. The Morgan fingerprint density at radius 1 is 1.47 bits per heavy atom. The summed E-state index contributed by atoms with van der Waals surface area (Å²) in [6, 6.07) is 7.71. The number of ether oxygens (including phenoxy) is 1. The molecule has 15 heavy (non-hydrogen) atoms. The third-order valence-corrected chi connectivity index (χ3v) is 2.79. The van der Waals surface area contributed by atoms with E-state index in [1.807, 2.05) is 24.3 Å². The number of hydrogen-bond acceptors (Lipinski definition) is 2. The molecule has 0 saturated carbocycles. The first-order valence-corrected chi connectivity index (χ1v) is 5.43. The second-order valence-electron chi connectivity index (χ2n) is 2.90. The molecule has 5 heteroatoms. The van der Waals surface area contributed by atoms with E-state index in [9.17, 15) is 0 Å². The molecule has 0 fully saturated rings. The van der Waals surface area contributed by atoms with E-state index in [1.54, 1.807) is 18.0 Å². The van der Waals surface area contributed by atoms with Gasteiger partial charge in [-0.2, -0.15) is 5.10 Å². The molecule has 0 saturated heterocycles. The van der Waals surface area contributed by atoms with E-state index in [4.69, 9.17) is 16.3 Å². The van der Waals surface area contributed by atoms with Crippen LogP contribution in [0.15, 0.2) is 34.9 Å². The smallest absolute Gasteiger partial charge is 0.176 e. The lowest BCUT2D eigenvalue weighted by atomic mass is 10.3. The van der Waals surface area contributed by atoms with Crippen molar-refractivity contribution < 1.29 is 4.74 Å². The number of nitrogens with zero attached hydrogens (tertiary/aromatic N) is 2. The van der Waals surface area contributed by atoms with Gasteiger partial charge >= 0.3 is 0 Å². The minimum absolute atomic E-state index is 0.468. The second-order valence-corrected chi connectivity index (χ2v) is 4.17. The molecule has 1 aromatic heterocycles. The molecule has 1 aromatic carbocycles. The van der Waals surface area contributed by atoms with Crippen LogP contribution >= 0.6 is 27.5 Å². The van der Waals surface area contributed by atoms with Crippen LogP contribution in [-0.2, 0) is 0 Å². The van der Waals surface area contributed by atoms with Crippen molar-refractivity contribution in [3.05, 3.63) is 40.1 Å². The molecule has 0 unspecified atom stereocenters. The van der Waals surface area contributed by atoms with Gasteiger partial charge in [0.2, 0.25) is 0 Å². The summed E-state index contributed by atoms with van der Waals surface area (Å²) in [4.78, 5) is 0. The predicted molar refractivity (Wildman–Crippen MR) is 62.8 cm³/mol. The van der Waals surface area contributed by atoms with Gasteiger partial charge in [-0.15, -0.1) is 0 Å². The molecule has 2 rings (SSSR count). The molecule has 0 aliphatic rings. The van der Waals surface area contributed by atoms with Crippen LogP contribution < -0.4 is 4.74 Å². The highest BCUT2D eigenvalue weighted by molar-refractivity contribution is 9.10. The molecule has 0 atom stereocenters. The topological polar surface area (TPSA) is 27.1 Å². The predicted octanol–water partition coefficient (Wildman–Crippen LogP) is 3.30. The zero-order valence-electron chi connectivity index (χ0n) is 7.95. The normalized spacial score (nSPS) is 10.3. The SMILES string of the molecule is COc1cnn(-c2cccc(Br)c2)c1Cl. The number of rotatable bonds is 2. The Balaban J connectivity index is 2.49. The van der Waals surface area contributed by atoms with Crippen LogP contribution in [-0.4, -0.2) is 16.9 Å². The van der Waals surface area contributed by atoms with Crippen LogP contribution in [0.25, 0.3) is 5.69 Å². The number of hydrogen-bond donors (Lipinski definition) is 0. The van der Waals surface area contributed by atoms with Crippen LogP contribution in [0.3, 0.4) is 0 Å². The Kier molecular flexibility index (Phi) is 2.98. The van der Waals surface area contributed by atoms with Crippen molar-refractivity contribution in [2.75, 3.05) is 7.11 Å². The van der Waals surface area contributed by atoms with Crippen molar-refractivity contribution in [3.63, 3.8) is 0 Å².